The van der Waals surface area contributed by atoms with Gasteiger partial charge in [0.05, 0.1) is 0 Å². The molecule has 1 unspecified atom stereocenters. The van der Waals surface area contributed by atoms with E-state index in [2.05, 4.69) is 12.2 Å². The van der Waals surface area contributed by atoms with E-state index in [-0.39, 0.29) is 34.5 Å². The fraction of sp³-hybridized carbons (Fsp3) is 0.368. The zero-order valence-electron chi connectivity index (χ0n) is 13.6. The Hall–Kier alpha value is -1.72. The topological polar surface area (TPSA) is 72.7 Å². The van der Waals surface area contributed by atoms with E-state index >= 15 is 0 Å². The molecule has 24 heavy (non-hydrogen) atoms. The van der Waals surface area contributed by atoms with Crippen LogP contribution in [0.25, 0.3) is 11.1 Å². The Morgan fingerprint density at radius 1 is 1.08 bits per heavy atom. The molecule has 1 atom stereocenters. The number of fused-ring (bicyclic) bond motifs is 2. The van der Waals surface area contributed by atoms with Crippen molar-refractivity contribution in [2.45, 2.75) is 38.6 Å². The lowest BCUT2D eigenvalue weighted by Crippen LogP contribution is -2.34. The molecule has 0 aromatic heterocycles. The fourth-order valence-corrected chi connectivity index (χ4v) is 4.12. The zero-order chi connectivity index (χ0) is 16.1. The minimum atomic E-state index is -0.106. The second-order valence-electron chi connectivity index (χ2n) is 6.50. The monoisotopic (exact) mass is 391 g/mol. The van der Waals surface area contributed by atoms with E-state index in [1.54, 1.807) is 6.07 Å². The molecule has 0 saturated heterocycles. The van der Waals surface area contributed by atoms with Gasteiger partial charge in [0.2, 0.25) is 0 Å². The number of nitrogens with one attached hydrogen (secondary N) is 1. The van der Waals surface area contributed by atoms with Crippen LogP contribution in [0.2, 0.25) is 0 Å². The fourth-order valence-electron chi connectivity index (χ4n) is 4.12. The van der Waals surface area contributed by atoms with E-state index in [1.807, 2.05) is 12.1 Å². The van der Waals surface area contributed by atoms with Gasteiger partial charge < -0.3 is 20.6 Å². The van der Waals surface area contributed by atoms with Gasteiger partial charge in [0.25, 0.3) is 0 Å². The van der Waals surface area contributed by atoms with Gasteiger partial charge in [0, 0.05) is 17.2 Å². The Morgan fingerprint density at radius 3 is 2.62 bits per heavy atom. The standard InChI is InChI=1S/C19H21NO3.BrH/c1-2-3-12-15(22)9-11-6-7-20-13-8-10-4-5-14(21)19(23)17(10)18(12)16(11)13;/h4-5,9,13,20-23H,2-3,6-8H2,1H3;1H. The molecule has 0 radical (unpaired) electrons. The average molecular weight is 392 g/mol. The highest BCUT2D eigenvalue weighted by molar-refractivity contribution is 8.93. The number of phenols is 3. The third-order valence-corrected chi connectivity index (χ3v) is 5.09. The van der Waals surface area contributed by atoms with Crippen molar-refractivity contribution in [2.75, 3.05) is 6.54 Å². The highest BCUT2D eigenvalue weighted by atomic mass is 79.9. The molecule has 2 aromatic rings. The van der Waals surface area contributed by atoms with E-state index in [9.17, 15) is 15.3 Å². The van der Waals surface area contributed by atoms with Crippen LogP contribution in [0.15, 0.2) is 18.2 Å². The highest BCUT2D eigenvalue weighted by Gasteiger charge is 2.34. The molecule has 2 aliphatic rings. The SMILES string of the molecule is Br.CCCc1c(O)cc2c3c1-c1c(ccc(O)c1O)CC3NCC2. The van der Waals surface area contributed by atoms with Gasteiger partial charge in [-0.1, -0.05) is 19.4 Å². The zero-order valence-corrected chi connectivity index (χ0v) is 15.3. The van der Waals surface area contributed by atoms with Crippen molar-refractivity contribution >= 4 is 17.0 Å². The molecule has 0 fully saturated rings. The Balaban J connectivity index is 0.00000169. The summed E-state index contributed by atoms with van der Waals surface area (Å²) in [4.78, 5) is 0. The van der Waals surface area contributed by atoms with E-state index < -0.39 is 0 Å². The Bertz CT molecular complexity index is 804. The van der Waals surface area contributed by atoms with Gasteiger partial charge in [-0.15, -0.1) is 17.0 Å². The highest BCUT2D eigenvalue weighted by Crippen LogP contribution is 2.51. The first-order valence-corrected chi connectivity index (χ1v) is 8.27. The van der Waals surface area contributed by atoms with Crippen molar-refractivity contribution in [1.82, 2.24) is 5.32 Å². The lowest BCUT2D eigenvalue weighted by molar-refractivity contribution is 0.402. The minimum absolute atomic E-state index is 0. The number of hydrogen-bond acceptors (Lipinski definition) is 4. The molecule has 0 spiro atoms. The predicted octanol–water partition coefficient (Wildman–Crippen LogP) is 3.74. The molecule has 0 saturated carbocycles. The van der Waals surface area contributed by atoms with Crippen LogP contribution in [0.1, 0.15) is 41.6 Å². The van der Waals surface area contributed by atoms with E-state index in [0.29, 0.717) is 11.3 Å². The summed E-state index contributed by atoms with van der Waals surface area (Å²) in [7, 11) is 0. The quantitative estimate of drug-likeness (QED) is 0.588. The van der Waals surface area contributed by atoms with Gasteiger partial charge in [-0.05, 0) is 60.2 Å². The largest absolute Gasteiger partial charge is 0.508 e. The molecule has 5 heteroatoms. The summed E-state index contributed by atoms with van der Waals surface area (Å²) in [6, 6.07) is 5.53. The van der Waals surface area contributed by atoms with Crippen molar-refractivity contribution in [2.24, 2.45) is 0 Å². The summed E-state index contributed by atoms with van der Waals surface area (Å²) in [6.45, 7) is 2.97. The van der Waals surface area contributed by atoms with Crippen LogP contribution in [-0.2, 0) is 19.3 Å². The maximum absolute atomic E-state index is 10.5. The van der Waals surface area contributed by atoms with Crippen molar-refractivity contribution in [1.29, 1.82) is 0 Å². The molecular formula is C19H22BrNO3. The van der Waals surface area contributed by atoms with Gasteiger partial charge in [-0.25, -0.2) is 0 Å². The van der Waals surface area contributed by atoms with Crippen LogP contribution in [0.5, 0.6) is 17.2 Å². The minimum Gasteiger partial charge on any atom is -0.508 e. The predicted molar refractivity (Wildman–Crippen MR) is 99.3 cm³/mol. The molecular weight excluding hydrogens is 370 g/mol. The molecule has 4 nitrogen and oxygen atoms in total. The van der Waals surface area contributed by atoms with Crippen LogP contribution in [0.4, 0.5) is 0 Å². The summed E-state index contributed by atoms with van der Waals surface area (Å²) < 4.78 is 0. The van der Waals surface area contributed by atoms with Gasteiger partial charge in [-0.3, -0.25) is 0 Å². The normalized spacial score (nSPS) is 17.6. The van der Waals surface area contributed by atoms with E-state index in [1.165, 1.54) is 5.56 Å². The lowest BCUT2D eigenvalue weighted by Gasteiger charge is -2.36. The number of phenolic OH excluding ortho intramolecular Hbond substituents is 3. The van der Waals surface area contributed by atoms with Crippen LogP contribution >= 0.6 is 17.0 Å². The number of hydrogen-bond donors (Lipinski definition) is 4. The number of rotatable bonds is 2. The van der Waals surface area contributed by atoms with E-state index in [0.717, 1.165) is 54.5 Å². The third-order valence-electron chi connectivity index (χ3n) is 5.09. The van der Waals surface area contributed by atoms with Crippen LogP contribution in [-0.4, -0.2) is 21.9 Å². The molecule has 4 N–H and O–H groups in total. The first-order valence-electron chi connectivity index (χ1n) is 8.27. The molecule has 0 bridgehead atoms. The smallest absolute Gasteiger partial charge is 0.165 e. The first kappa shape index (κ1) is 17.1. The lowest BCUT2D eigenvalue weighted by atomic mass is 9.74. The molecule has 128 valence electrons. The summed E-state index contributed by atoms with van der Waals surface area (Å²) in [6.07, 6.45) is 3.31. The molecule has 4 rings (SSSR count). The Labute approximate surface area is 151 Å². The first-order chi connectivity index (χ1) is 11.1. The van der Waals surface area contributed by atoms with Crippen LogP contribution in [0, 0.1) is 0 Å². The summed E-state index contributed by atoms with van der Waals surface area (Å²) >= 11 is 0. The molecule has 2 aromatic carbocycles. The third kappa shape index (κ3) is 2.38. The maximum atomic E-state index is 10.5. The molecule has 1 aliphatic heterocycles. The number of benzene rings is 2. The molecule has 0 amide bonds. The molecule has 1 heterocycles. The van der Waals surface area contributed by atoms with Gasteiger partial charge in [-0.2, -0.15) is 0 Å². The maximum Gasteiger partial charge on any atom is 0.165 e. The Morgan fingerprint density at radius 2 is 1.88 bits per heavy atom. The second kappa shape index (κ2) is 6.30. The van der Waals surface area contributed by atoms with Crippen molar-refractivity contribution in [3.63, 3.8) is 0 Å². The van der Waals surface area contributed by atoms with Crippen molar-refractivity contribution in [3.8, 4) is 28.4 Å². The number of aromatic hydroxyl groups is 3. The Kier molecular flexibility index (Phi) is 4.49. The molecule has 1 aliphatic carbocycles. The van der Waals surface area contributed by atoms with Crippen LogP contribution in [0.3, 0.4) is 0 Å². The van der Waals surface area contributed by atoms with Gasteiger partial charge in [0.1, 0.15) is 5.75 Å². The van der Waals surface area contributed by atoms with Crippen molar-refractivity contribution in [3.05, 3.63) is 40.5 Å². The average Bonchev–Trinajstić information content (AvgIpc) is 2.54. The number of halogens is 1. The summed E-state index contributed by atoms with van der Waals surface area (Å²) in [5.74, 6) is 0.124. The van der Waals surface area contributed by atoms with Gasteiger partial charge >= 0.3 is 0 Å². The van der Waals surface area contributed by atoms with Crippen molar-refractivity contribution < 1.29 is 15.3 Å². The van der Waals surface area contributed by atoms with Gasteiger partial charge in [0.15, 0.2) is 11.5 Å². The van der Waals surface area contributed by atoms with Crippen LogP contribution < -0.4 is 5.32 Å². The summed E-state index contributed by atoms with van der Waals surface area (Å²) in [5.41, 5.74) is 5.84. The second-order valence-corrected chi connectivity index (χ2v) is 6.50. The summed E-state index contributed by atoms with van der Waals surface area (Å²) in [5, 5.41) is 34.6. The van der Waals surface area contributed by atoms with E-state index in [4.69, 9.17) is 0 Å².